The van der Waals surface area contributed by atoms with Crippen LogP contribution in [0.2, 0.25) is 0 Å². The molecular weight excluding hydrogens is 200 g/mol. The minimum atomic E-state index is 0.230. The molecule has 0 saturated carbocycles. The van der Waals surface area contributed by atoms with E-state index in [1.54, 1.807) is 0 Å². The first-order valence-corrected chi connectivity index (χ1v) is 6.75. The summed E-state index contributed by atoms with van der Waals surface area (Å²) >= 11 is 0. The fourth-order valence-corrected chi connectivity index (χ4v) is 2.05. The van der Waals surface area contributed by atoms with Crippen molar-refractivity contribution in [2.24, 2.45) is 5.92 Å². The molecular formula is C13H26N2O. The Morgan fingerprint density at radius 1 is 1.19 bits per heavy atom. The predicted octanol–water partition coefficient (Wildman–Crippen LogP) is 2.02. The SMILES string of the molecule is C1CCNC1.CC[C@@H](C)C(=O)N1CCCC1. The molecule has 0 aromatic carbocycles. The average molecular weight is 226 g/mol. The lowest BCUT2D eigenvalue weighted by Gasteiger charge is -2.18. The molecule has 2 heterocycles. The van der Waals surface area contributed by atoms with Gasteiger partial charge in [-0.1, -0.05) is 13.8 Å². The molecule has 94 valence electrons. The summed E-state index contributed by atoms with van der Waals surface area (Å²) in [4.78, 5) is 13.5. The third kappa shape index (κ3) is 4.52. The number of likely N-dealkylation sites (tertiary alicyclic amines) is 1. The highest BCUT2D eigenvalue weighted by atomic mass is 16.2. The summed E-state index contributed by atoms with van der Waals surface area (Å²) in [5.41, 5.74) is 0. The van der Waals surface area contributed by atoms with Crippen molar-refractivity contribution in [2.75, 3.05) is 26.2 Å². The fourth-order valence-electron chi connectivity index (χ4n) is 2.05. The first-order chi connectivity index (χ1) is 7.75. The molecule has 2 fully saturated rings. The normalized spacial score (nSPS) is 21.5. The summed E-state index contributed by atoms with van der Waals surface area (Å²) in [6.07, 6.45) is 6.14. The Morgan fingerprint density at radius 2 is 1.75 bits per heavy atom. The summed E-state index contributed by atoms with van der Waals surface area (Å²) < 4.78 is 0. The molecule has 0 unspecified atom stereocenters. The molecule has 0 aliphatic carbocycles. The van der Waals surface area contributed by atoms with Gasteiger partial charge in [-0.05, 0) is 45.2 Å². The van der Waals surface area contributed by atoms with Crippen LogP contribution in [0.15, 0.2) is 0 Å². The summed E-state index contributed by atoms with van der Waals surface area (Å²) in [5.74, 6) is 0.582. The lowest BCUT2D eigenvalue weighted by atomic mass is 10.1. The zero-order valence-electron chi connectivity index (χ0n) is 10.8. The van der Waals surface area contributed by atoms with Gasteiger partial charge in [0.25, 0.3) is 0 Å². The lowest BCUT2D eigenvalue weighted by Crippen LogP contribution is -2.32. The van der Waals surface area contributed by atoms with Crippen molar-refractivity contribution in [3.05, 3.63) is 0 Å². The Bertz CT molecular complexity index is 188. The minimum absolute atomic E-state index is 0.230. The van der Waals surface area contributed by atoms with E-state index in [1.165, 1.54) is 38.8 Å². The van der Waals surface area contributed by atoms with Gasteiger partial charge in [0.1, 0.15) is 0 Å². The molecule has 1 amide bonds. The third-order valence-electron chi connectivity index (χ3n) is 3.41. The Balaban J connectivity index is 0.000000212. The maximum atomic E-state index is 11.5. The maximum absolute atomic E-state index is 11.5. The van der Waals surface area contributed by atoms with Gasteiger partial charge in [-0.25, -0.2) is 0 Å². The Kier molecular flexibility index (Phi) is 6.46. The molecule has 3 nitrogen and oxygen atoms in total. The van der Waals surface area contributed by atoms with Gasteiger partial charge in [-0.15, -0.1) is 0 Å². The van der Waals surface area contributed by atoms with E-state index in [1.807, 2.05) is 11.8 Å². The van der Waals surface area contributed by atoms with E-state index in [9.17, 15) is 4.79 Å². The average Bonchev–Trinajstić information content (AvgIpc) is 3.00. The van der Waals surface area contributed by atoms with Crippen molar-refractivity contribution in [3.63, 3.8) is 0 Å². The van der Waals surface area contributed by atoms with E-state index in [4.69, 9.17) is 0 Å². The van der Waals surface area contributed by atoms with Gasteiger partial charge >= 0.3 is 0 Å². The number of rotatable bonds is 2. The minimum Gasteiger partial charge on any atom is -0.342 e. The van der Waals surface area contributed by atoms with Gasteiger partial charge in [0, 0.05) is 19.0 Å². The van der Waals surface area contributed by atoms with E-state index < -0.39 is 0 Å². The molecule has 2 aliphatic heterocycles. The lowest BCUT2D eigenvalue weighted by molar-refractivity contribution is -0.133. The van der Waals surface area contributed by atoms with Crippen LogP contribution in [0.25, 0.3) is 0 Å². The van der Waals surface area contributed by atoms with E-state index in [0.29, 0.717) is 5.91 Å². The molecule has 0 aromatic heterocycles. The van der Waals surface area contributed by atoms with Crippen LogP contribution in [0.3, 0.4) is 0 Å². The number of hydrogen-bond donors (Lipinski definition) is 1. The van der Waals surface area contributed by atoms with Crippen LogP contribution in [0.5, 0.6) is 0 Å². The number of amides is 1. The Morgan fingerprint density at radius 3 is 2.12 bits per heavy atom. The molecule has 0 aromatic rings. The number of carbonyl (C=O) groups is 1. The molecule has 2 saturated heterocycles. The molecule has 2 aliphatic rings. The third-order valence-corrected chi connectivity index (χ3v) is 3.41. The van der Waals surface area contributed by atoms with Gasteiger partial charge in [0.2, 0.25) is 5.91 Å². The molecule has 0 spiro atoms. The zero-order chi connectivity index (χ0) is 11.8. The van der Waals surface area contributed by atoms with Gasteiger partial charge < -0.3 is 10.2 Å². The van der Waals surface area contributed by atoms with Crippen molar-refractivity contribution in [1.29, 1.82) is 0 Å². The van der Waals surface area contributed by atoms with Gasteiger partial charge in [0.05, 0.1) is 0 Å². The number of carbonyl (C=O) groups excluding carboxylic acids is 1. The topological polar surface area (TPSA) is 32.3 Å². The summed E-state index contributed by atoms with van der Waals surface area (Å²) in [6.45, 7) is 8.56. The van der Waals surface area contributed by atoms with E-state index >= 15 is 0 Å². The van der Waals surface area contributed by atoms with E-state index in [-0.39, 0.29) is 5.92 Å². The zero-order valence-corrected chi connectivity index (χ0v) is 10.8. The van der Waals surface area contributed by atoms with E-state index in [0.717, 1.165) is 19.5 Å². The standard InChI is InChI=1S/C9H17NO.C4H9N/c1-3-8(2)9(11)10-6-4-5-7-10;1-2-4-5-3-1/h8H,3-7H2,1-2H3;5H,1-4H2/t8-;/m1./s1. The highest BCUT2D eigenvalue weighted by Gasteiger charge is 2.21. The Hall–Kier alpha value is -0.570. The van der Waals surface area contributed by atoms with E-state index in [2.05, 4.69) is 12.2 Å². The van der Waals surface area contributed by atoms with Gasteiger partial charge in [-0.3, -0.25) is 4.79 Å². The number of nitrogens with zero attached hydrogens (tertiary/aromatic N) is 1. The monoisotopic (exact) mass is 226 g/mol. The smallest absolute Gasteiger partial charge is 0.225 e. The van der Waals surface area contributed by atoms with Crippen LogP contribution >= 0.6 is 0 Å². The van der Waals surface area contributed by atoms with Crippen LogP contribution in [-0.2, 0) is 4.79 Å². The highest BCUT2D eigenvalue weighted by molar-refractivity contribution is 5.78. The molecule has 1 N–H and O–H groups in total. The molecule has 3 heteroatoms. The van der Waals surface area contributed by atoms with Gasteiger partial charge in [0.15, 0.2) is 0 Å². The van der Waals surface area contributed by atoms with Crippen molar-refractivity contribution < 1.29 is 4.79 Å². The van der Waals surface area contributed by atoms with Gasteiger partial charge in [-0.2, -0.15) is 0 Å². The first-order valence-electron chi connectivity index (χ1n) is 6.75. The first kappa shape index (κ1) is 13.5. The maximum Gasteiger partial charge on any atom is 0.225 e. The van der Waals surface area contributed by atoms with Crippen LogP contribution < -0.4 is 5.32 Å². The summed E-state index contributed by atoms with van der Waals surface area (Å²) in [7, 11) is 0. The molecule has 1 atom stereocenters. The largest absolute Gasteiger partial charge is 0.342 e. The molecule has 0 radical (unpaired) electrons. The second-order valence-electron chi connectivity index (χ2n) is 4.80. The highest BCUT2D eigenvalue weighted by Crippen LogP contribution is 2.13. The molecule has 2 rings (SSSR count). The predicted molar refractivity (Wildman–Crippen MR) is 67.4 cm³/mol. The number of nitrogens with one attached hydrogen (secondary N) is 1. The Labute approximate surface area is 99.6 Å². The van der Waals surface area contributed by atoms with Crippen molar-refractivity contribution in [2.45, 2.75) is 46.0 Å². The number of hydrogen-bond acceptors (Lipinski definition) is 2. The van der Waals surface area contributed by atoms with Crippen molar-refractivity contribution in [3.8, 4) is 0 Å². The van der Waals surface area contributed by atoms with Crippen LogP contribution in [-0.4, -0.2) is 37.0 Å². The molecule has 16 heavy (non-hydrogen) atoms. The van der Waals surface area contributed by atoms with Crippen LogP contribution in [0.4, 0.5) is 0 Å². The second kappa shape index (κ2) is 7.66. The summed E-state index contributed by atoms with van der Waals surface area (Å²) in [5, 5.41) is 3.22. The summed E-state index contributed by atoms with van der Waals surface area (Å²) in [6, 6.07) is 0. The molecule has 0 bridgehead atoms. The van der Waals surface area contributed by atoms with Crippen LogP contribution in [0.1, 0.15) is 46.0 Å². The van der Waals surface area contributed by atoms with Crippen molar-refractivity contribution >= 4 is 5.91 Å². The quantitative estimate of drug-likeness (QED) is 0.781. The van der Waals surface area contributed by atoms with Crippen LogP contribution in [0, 0.1) is 5.92 Å². The fraction of sp³-hybridized carbons (Fsp3) is 0.923. The van der Waals surface area contributed by atoms with Crippen molar-refractivity contribution in [1.82, 2.24) is 10.2 Å². The second-order valence-corrected chi connectivity index (χ2v) is 4.80.